The van der Waals surface area contributed by atoms with Crippen molar-refractivity contribution in [2.24, 2.45) is 10.1 Å². The fraction of sp³-hybridized carbons (Fsp3) is 0.353. The molecular weight excluding hydrogens is 420 g/mol. The van der Waals surface area contributed by atoms with Gasteiger partial charge in [-0.25, -0.2) is 10.0 Å². The molecule has 0 aliphatic rings. The molecule has 11 heteroatoms. The van der Waals surface area contributed by atoms with Crippen molar-refractivity contribution in [1.82, 2.24) is 10.0 Å². The van der Waals surface area contributed by atoms with E-state index >= 15 is 0 Å². The first-order valence-electron chi connectivity index (χ1n) is 8.16. The molecule has 1 aromatic carbocycles. The lowest BCUT2D eigenvalue weighted by Gasteiger charge is -2.20. The molecule has 2 rings (SSSR count). The summed E-state index contributed by atoms with van der Waals surface area (Å²) in [6.07, 6.45) is 2.07. The number of carbonyl (C=O) groups is 1. The van der Waals surface area contributed by atoms with Gasteiger partial charge < -0.3 is 5.73 Å². The topological polar surface area (TPSA) is 115 Å². The maximum atomic E-state index is 10.5. The van der Waals surface area contributed by atoms with E-state index in [1.807, 2.05) is 30.6 Å². The molecular formula is C17H22N4O4S3. The van der Waals surface area contributed by atoms with Crippen molar-refractivity contribution >= 4 is 45.6 Å². The number of amides is 1. The number of hydrogen-bond acceptors (Lipinski definition) is 7. The molecule has 2 N–H and O–H groups in total. The molecule has 1 heterocycles. The van der Waals surface area contributed by atoms with Crippen LogP contribution in [0.4, 0.5) is 0 Å². The van der Waals surface area contributed by atoms with Gasteiger partial charge in [0, 0.05) is 30.5 Å². The standard InChI is InChI=1S/C16H19N3O3S3.CH3NO/c1-11(10-22-19(3)16(23)18-25(20)21)13-5-4-6-14(9-13)12(2)15-17-7-8-24-15;2-1-3/h4-9,11-12H,10H2,1-3H3;1H,(H2,2,3). The smallest absolute Gasteiger partial charge is 0.318 e. The van der Waals surface area contributed by atoms with Gasteiger partial charge in [0.05, 0.1) is 11.6 Å². The highest BCUT2D eigenvalue weighted by atomic mass is 32.2. The van der Waals surface area contributed by atoms with Crippen molar-refractivity contribution in [3.05, 3.63) is 52.0 Å². The van der Waals surface area contributed by atoms with Crippen LogP contribution < -0.4 is 5.73 Å². The fourth-order valence-electron chi connectivity index (χ4n) is 2.22. The number of hydroxylamine groups is 2. The minimum Gasteiger partial charge on any atom is -0.372 e. The Labute approximate surface area is 175 Å². The van der Waals surface area contributed by atoms with Gasteiger partial charge in [-0.15, -0.1) is 15.7 Å². The number of nitrogens with zero attached hydrogens (tertiary/aromatic N) is 3. The normalized spacial score (nSPS) is 12.1. The average molecular weight is 443 g/mol. The van der Waals surface area contributed by atoms with Crippen molar-refractivity contribution in [3.63, 3.8) is 0 Å². The first-order valence-corrected chi connectivity index (χ1v) is 10.5. The molecule has 2 unspecified atom stereocenters. The van der Waals surface area contributed by atoms with E-state index in [0.717, 1.165) is 10.6 Å². The Balaban J connectivity index is 0.00000122. The summed E-state index contributed by atoms with van der Waals surface area (Å²) >= 11 is 6.50. The van der Waals surface area contributed by atoms with Crippen LogP contribution in [0.3, 0.4) is 0 Å². The molecule has 1 aromatic heterocycles. The van der Waals surface area contributed by atoms with Gasteiger partial charge in [-0.2, -0.15) is 8.42 Å². The van der Waals surface area contributed by atoms with Crippen LogP contribution in [-0.2, 0) is 20.1 Å². The molecule has 0 radical (unpaired) electrons. The number of nitrogens with two attached hydrogens (primary N) is 1. The Morgan fingerprint density at radius 2 is 2.07 bits per heavy atom. The Hall–Kier alpha value is -2.21. The number of hydrogen-bond donors (Lipinski definition) is 1. The summed E-state index contributed by atoms with van der Waals surface area (Å²) in [5.74, 6) is 0.334. The summed E-state index contributed by atoms with van der Waals surface area (Å²) in [7, 11) is -1.05. The van der Waals surface area contributed by atoms with Gasteiger partial charge in [0.2, 0.25) is 11.5 Å². The van der Waals surface area contributed by atoms with Crippen molar-refractivity contribution in [2.75, 3.05) is 13.7 Å². The number of benzene rings is 1. The summed E-state index contributed by atoms with van der Waals surface area (Å²) in [6, 6.07) is 8.30. The van der Waals surface area contributed by atoms with Gasteiger partial charge in [-0.3, -0.25) is 9.63 Å². The predicted octanol–water partition coefficient (Wildman–Crippen LogP) is 2.71. The number of aromatic nitrogens is 1. The third-order valence-electron chi connectivity index (χ3n) is 3.74. The highest BCUT2D eigenvalue weighted by molar-refractivity contribution is 7.80. The third kappa shape index (κ3) is 7.80. The Morgan fingerprint density at radius 3 is 2.64 bits per heavy atom. The van der Waals surface area contributed by atoms with Crippen molar-refractivity contribution < 1.29 is 18.0 Å². The summed E-state index contributed by atoms with van der Waals surface area (Å²) in [5.41, 5.74) is 6.49. The van der Waals surface area contributed by atoms with E-state index in [0.29, 0.717) is 6.61 Å². The third-order valence-corrected chi connectivity index (χ3v) is 5.49. The minimum absolute atomic E-state index is 0.103. The average Bonchev–Trinajstić information content (AvgIpc) is 3.20. The SMILES string of the molecule is CC(CON(C)C(=S)N=S(=O)=O)c1cccc(C(C)c2nccs2)c1.NC=O. The van der Waals surface area contributed by atoms with Crippen LogP contribution in [-0.4, -0.2) is 43.6 Å². The molecule has 28 heavy (non-hydrogen) atoms. The van der Waals surface area contributed by atoms with Gasteiger partial charge in [-0.1, -0.05) is 38.1 Å². The molecule has 0 saturated carbocycles. The van der Waals surface area contributed by atoms with Crippen LogP contribution in [0.2, 0.25) is 0 Å². The zero-order valence-electron chi connectivity index (χ0n) is 15.7. The van der Waals surface area contributed by atoms with E-state index in [4.69, 9.17) is 21.8 Å². The van der Waals surface area contributed by atoms with E-state index in [1.165, 1.54) is 17.7 Å². The number of thiazole rings is 1. The number of primary amides is 1. The highest BCUT2D eigenvalue weighted by Gasteiger charge is 2.14. The molecule has 0 spiro atoms. The van der Waals surface area contributed by atoms with Crippen molar-refractivity contribution in [2.45, 2.75) is 25.7 Å². The van der Waals surface area contributed by atoms with E-state index in [2.05, 4.69) is 34.1 Å². The largest absolute Gasteiger partial charge is 0.372 e. The second kappa shape index (κ2) is 12.3. The number of rotatable bonds is 6. The van der Waals surface area contributed by atoms with Crippen LogP contribution >= 0.6 is 23.6 Å². The maximum absolute atomic E-state index is 10.5. The van der Waals surface area contributed by atoms with Crippen LogP contribution in [0.5, 0.6) is 0 Å². The highest BCUT2D eigenvalue weighted by Crippen LogP contribution is 2.28. The first kappa shape index (κ1) is 23.8. The first-order chi connectivity index (χ1) is 13.3. The van der Waals surface area contributed by atoms with Gasteiger partial charge in [0.1, 0.15) is 0 Å². The predicted molar refractivity (Wildman–Crippen MR) is 112 cm³/mol. The molecule has 152 valence electrons. The summed E-state index contributed by atoms with van der Waals surface area (Å²) < 4.78 is 24.3. The quantitative estimate of drug-likeness (QED) is 0.415. The lowest BCUT2D eigenvalue weighted by atomic mass is 9.95. The van der Waals surface area contributed by atoms with Gasteiger partial charge in [0.25, 0.3) is 0 Å². The Morgan fingerprint density at radius 1 is 1.43 bits per heavy atom. The van der Waals surface area contributed by atoms with E-state index in [9.17, 15) is 8.42 Å². The van der Waals surface area contributed by atoms with E-state index in [-0.39, 0.29) is 23.4 Å². The molecule has 0 saturated heterocycles. The van der Waals surface area contributed by atoms with Crippen molar-refractivity contribution in [3.8, 4) is 0 Å². The zero-order chi connectivity index (χ0) is 21.1. The monoisotopic (exact) mass is 442 g/mol. The van der Waals surface area contributed by atoms with Crippen LogP contribution in [0.25, 0.3) is 0 Å². The van der Waals surface area contributed by atoms with Crippen LogP contribution in [0, 0.1) is 0 Å². The van der Waals surface area contributed by atoms with Crippen LogP contribution in [0.1, 0.15) is 41.8 Å². The van der Waals surface area contributed by atoms with Gasteiger partial charge in [0.15, 0.2) is 0 Å². The molecule has 2 atom stereocenters. The molecule has 0 fully saturated rings. The Kier molecular flexibility index (Phi) is 10.5. The number of thiocarbonyl (C=S) groups is 1. The lowest BCUT2D eigenvalue weighted by Crippen LogP contribution is -2.25. The minimum atomic E-state index is -2.58. The zero-order valence-corrected chi connectivity index (χ0v) is 18.1. The molecule has 2 aromatic rings. The summed E-state index contributed by atoms with van der Waals surface area (Å²) in [4.78, 5) is 18.5. The number of carbonyl (C=O) groups excluding carboxylic acids is 1. The second-order valence-electron chi connectivity index (χ2n) is 5.68. The van der Waals surface area contributed by atoms with E-state index < -0.39 is 10.5 Å². The molecule has 8 nitrogen and oxygen atoms in total. The lowest BCUT2D eigenvalue weighted by molar-refractivity contribution is -0.106. The van der Waals surface area contributed by atoms with Gasteiger partial charge in [-0.05, 0) is 23.3 Å². The second-order valence-corrected chi connectivity index (χ2v) is 7.59. The Bertz CT molecular complexity index is 893. The van der Waals surface area contributed by atoms with E-state index in [1.54, 1.807) is 11.3 Å². The molecule has 0 aliphatic heterocycles. The van der Waals surface area contributed by atoms with Crippen LogP contribution in [0.15, 0.2) is 40.2 Å². The fourth-order valence-corrected chi connectivity index (χ4v) is 3.42. The summed E-state index contributed by atoms with van der Waals surface area (Å²) in [6.45, 7) is 4.52. The molecule has 0 bridgehead atoms. The van der Waals surface area contributed by atoms with Gasteiger partial charge >= 0.3 is 10.5 Å². The summed E-state index contributed by atoms with van der Waals surface area (Å²) in [5, 5.41) is 4.11. The maximum Gasteiger partial charge on any atom is 0.318 e. The van der Waals surface area contributed by atoms with Crippen molar-refractivity contribution in [1.29, 1.82) is 0 Å². The molecule has 1 amide bonds. The molecule has 0 aliphatic carbocycles.